The molecule has 0 spiro atoms. The highest BCUT2D eigenvalue weighted by atomic mass is 35.5. The summed E-state index contributed by atoms with van der Waals surface area (Å²) in [5, 5.41) is 5.86. The highest BCUT2D eigenvalue weighted by Gasteiger charge is 2.18. The molecule has 2 heterocycles. The fourth-order valence-corrected chi connectivity index (χ4v) is 3.63. The number of carbonyl (C=O) groups is 1. The van der Waals surface area contributed by atoms with E-state index >= 15 is 0 Å². The minimum absolute atomic E-state index is 0.279. The van der Waals surface area contributed by atoms with Gasteiger partial charge in [-0.05, 0) is 55.5 Å². The second kappa shape index (κ2) is 7.51. The third kappa shape index (κ3) is 4.18. The van der Waals surface area contributed by atoms with Crippen LogP contribution in [0.5, 0.6) is 5.75 Å². The lowest BCUT2D eigenvalue weighted by Gasteiger charge is -2.15. The standard InChI is InChI=1S/C17H16ClN3O2S2/c1-9-7-12(8-10(2)14(9)18)23-11(3)16(22)20-17-19-15(21-25-17)13-5-4-6-24-13/h4-8,11H,1-3H3,(H,19,20,21,22)/t11-/m1/s1. The maximum atomic E-state index is 12.3. The van der Waals surface area contributed by atoms with E-state index in [0.29, 0.717) is 21.7 Å². The van der Waals surface area contributed by atoms with Crippen molar-refractivity contribution in [2.75, 3.05) is 5.32 Å². The van der Waals surface area contributed by atoms with Crippen molar-refractivity contribution >= 4 is 45.5 Å². The van der Waals surface area contributed by atoms with Crippen LogP contribution in [0.3, 0.4) is 0 Å². The van der Waals surface area contributed by atoms with Gasteiger partial charge in [0.15, 0.2) is 11.9 Å². The molecule has 0 bridgehead atoms. The molecule has 1 aromatic carbocycles. The molecule has 0 radical (unpaired) electrons. The van der Waals surface area contributed by atoms with Crippen molar-refractivity contribution < 1.29 is 9.53 Å². The third-order valence-electron chi connectivity index (χ3n) is 3.49. The fraction of sp³-hybridized carbons (Fsp3) is 0.235. The van der Waals surface area contributed by atoms with Gasteiger partial charge >= 0.3 is 0 Å². The van der Waals surface area contributed by atoms with Gasteiger partial charge in [-0.25, -0.2) is 0 Å². The number of benzene rings is 1. The molecule has 0 unspecified atom stereocenters. The van der Waals surface area contributed by atoms with Crippen LogP contribution in [0.15, 0.2) is 29.6 Å². The third-order valence-corrected chi connectivity index (χ3v) is 5.58. The molecular weight excluding hydrogens is 378 g/mol. The van der Waals surface area contributed by atoms with Gasteiger partial charge in [0.05, 0.1) is 4.88 Å². The Bertz CT molecular complexity index is 870. The summed E-state index contributed by atoms with van der Waals surface area (Å²) < 4.78 is 9.99. The molecule has 0 aliphatic heterocycles. The van der Waals surface area contributed by atoms with Crippen molar-refractivity contribution in [2.24, 2.45) is 0 Å². The molecule has 1 amide bonds. The van der Waals surface area contributed by atoms with Gasteiger partial charge in [0.2, 0.25) is 5.13 Å². The average Bonchev–Trinajstić information content (AvgIpc) is 3.23. The van der Waals surface area contributed by atoms with Crippen molar-refractivity contribution in [1.82, 2.24) is 9.36 Å². The van der Waals surface area contributed by atoms with Crippen molar-refractivity contribution in [3.63, 3.8) is 0 Å². The second-order valence-corrected chi connectivity index (χ2v) is 7.60. The van der Waals surface area contributed by atoms with Crippen molar-refractivity contribution in [2.45, 2.75) is 26.9 Å². The van der Waals surface area contributed by atoms with E-state index in [2.05, 4.69) is 14.7 Å². The van der Waals surface area contributed by atoms with Gasteiger partial charge in [-0.1, -0.05) is 17.7 Å². The second-order valence-electron chi connectivity index (χ2n) is 5.52. The lowest BCUT2D eigenvalue weighted by molar-refractivity contribution is -0.122. The number of hydrogen-bond donors (Lipinski definition) is 1. The Morgan fingerprint density at radius 2 is 2.04 bits per heavy atom. The molecular formula is C17H16ClN3O2S2. The molecule has 130 valence electrons. The number of ether oxygens (including phenoxy) is 1. The van der Waals surface area contributed by atoms with Gasteiger partial charge < -0.3 is 4.74 Å². The van der Waals surface area contributed by atoms with Crippen LogP contribution in [0.2, 0.25) is 5.02 Å². The molecule has 0 fully saturated rings. The number of hydrogen-bond acceptors (Lipinski definition) is 6. The van der Waals surface area contributed by atoms with E-state index in [1.165, 1.54) is 0 Å². The SMILES string of the molecule is Cc1cc(O[C@H](C)C(=O)Nc2nc(-c3cccs3)ns2)cc(C)c1Cl. The topological polar surface area (TPSA) is 64.1 Å². The first-order valence-corrected chi connectivity index (χ1v) is 9.59. The highest BCUT2D eigenvalue weighted by molar-refractivity contribution is 7.14. The molecule has 0 saturated carbocycles. The monoisotopic (exact) mass is 393 g/mol. The van der Waals surface area contributed by atoms with Crippen LogP contribution in [0, 0.1) is 13.8 Å². The molecule has 0 saturated heterocycles. The number of nitrogens with zero attached hydrogens (tertiary/aromatic N) is 2. The number of anilines is 1. The Morgan fingerprint density at radius 3 is 2.68 bits per heavy atom. The molecule has 5 nitrogen and oxygen atoms in total. The maximum Gasteiger partial charge on any atom is 0.266 e. The summed E-state index contributed by atoms with van der Waals surface area (Å²) >= 11 is 8.85. The summed E-state index contributed by atoms with van der Waals surface area (Å²) in [5.74, 6) is 0.950. The van der Waals surface area contributed by atoms with Gasteiger partial charge in [0.1, 0.15) is 5.75 Å². The summed E-state index contributed by atoms with van der Waals surface area (Å²) in [7, 11) is 0. The molecule has 1 atom stereocenters. The predicted molar refractivity (Wildman–Crippen MR) is 103 cm³/mol. The normalized spacial score (nSPS) is 12.0. The Morgan fingerprint density at radius 1 is 1.32 bits per heavy atom. The predicted octanol–water partition coefficient (Wildman–Crippen LogP) is 4.94. The van der Waals surface area contributed by atoms with Crippen LogP contribution >= 0.6 is 34.5 Å². The number of nitrogens with one attached hydrogen (secondary N) is 1. The van der Waals surface area contributed by atoms with Gasteiger partial charge in [-0.15, -0.1) is 11.3 Å². The summed E-state index contributed by atoms with van der Waals surface area (Å²) in [4.78, 5) is 17.6. The number of halogens is 1. The molecule has 1 N–H and O–H groups in total. The number of amides is 1. The Labute approximate surface area is 158 Å². The summed E-state index contributed by atoms with van der Waals surface area (Å²) in [6, 6.07) is 7.51. The number of aromatic nitrogens is 2. The molecule has 0 aliphatic rings. The number of rotatable bonds is 5. The summed E-state index contributed by atoms with van der Waals surface area (Å²) in [6.45, 7) is 5.50. The number of thiophene rings is 1. The van der Waals surface area contributed by atoms with E-state index in [9.17, 15) is 4.79 Å². The number of carbonyl (C=O) groups excluding carboxylic acids is 1. The maximum absolute atomic E-state index is 12.3. The highest BCUT2D eigenvalue weighted by Crippen LogP contribution is 2.27. The zero-order valence-electron chi connectivity index (χ0n) is 13.9. The molecule has 3 rings (SSSR count). The lowest BCUT2D eigenvalue weighted by Crippen LogP contribution is -2.30. The van der Waals surface area contributed by atoms with Crippen LogP contribution in [-0.2, 0) is 4.79 Å². The molecule has 2 aromatic heterocycles. The van der Waals surface area contributed by atoms with Crippen LogP contribution in [0.4, 0.5) is 5.13 Å². The van der Waals surface area contributed by atoms with Crippen LogP contribution in [0.25, 0.3) is 10.7 Å². The van der Waals surface area contributed by atoms with Gasteiger partial charge in [-0.2, -0.15) is 9.36 Å². The Hall–Kier alpha value is -1.96. The van der Waals surface area contributed by atoms with E-state index < -0.39 is 6.10 Å². The van der Waals surface area contributed by atoms with Crippen LogP contribution in [-0.4, -0.2) is 21.4 Å². The van der Waals surface area contributed by atoms with Gasteiger partial charge in [-0.3, -0.25) is 10.1 Å². The Kier molecular flexibility index (Phi) is 5.36. The zero-order valence-corrected chi connectivity index (χ0v) is 16.3. The van der Waals surface area contributed by atoms with Gasteiger partial charge in [0.25, 0.3) is 5.91 Å². The van der Waals surface area contributed by atoms with Crippen molar-refractivity contribution in [3.05, 3.63) is 45.8 Å². The average molecular weight is 394 g/mol. The summed E-state index contributed by atoms with van der Waals surface area (Å²) in [6.07, 6.45) is -0.672. The Balaban J connectivity index is 1.65. The molecule has 25 heavy (non-hydrogen) atoms. The minimum Gasteiger partial charge on any atom is -0.481 e. The van der Waals surface area contributed by atoms with E-state index in [-0.39, 0.29) is 5.91 Å². The largest absolute Gasteiger partial charge is 0.481 e. The first kappa shape index (κ1) is 17.8. The number of aryl methyl sites for hydroxylation is 2. The van der Waals surface area contributed by atoms with E-state index in [0.717, 1.165) is 27.5 Å². The smallest absolute Gasteiger partial charge is 0.266 e. The first-order chi connectivity index (χ1) is 11.9. The minimum atomic E-state index is -0.672. The zero-order chi connectivity index (χ0) is 18.0. The van der Waals surface area contributed by atoms with E-state index in [4.69, 9.17) is 16.3 Å². The molecule has 3 aromatic rings. The van der Waals surface area contributed by atoms with Crippen molar-refractivity contribution in [1.29, 1.82) is 0 Å². The summed E-state index contributed by atoms with van der Waals surface area (Å²) in [5.41, 5.74) is 1.82. The quantitative estimate of drug-likeness (QED) is 0.666. The van der Waals surface area contributed by atoms with Crippen LogP contribution < -0.4 is 10.1 Å². The lowest BCUT2D eigenvalue weighted by atomic mass is 10.1. The molecule has 0 aliphatic carbocycles. The van der Waals surface area contributed by atoms with Crippen molar-refractivity contribution in [3.8, 4) is 16.5 Å². The fourth-order valence-electron chi connectivity index (χ4n) is 2.22. The first-order valence-electron chi connectivity index (χ1n) is 7.56. The van der Waals surface area contributed by atoms with Crippen LogP contribution in [0.1, 0.15) is 18.1 Å². The van der Waals surface area contributed by atoms with E-state index in [1.807, 2.05) is 43.5 Å². The molecule has 8 heteroatoms. The van der Waals surface area contributed by atoms with Gasteiger partial charge in [0, 0.05) is 16.6 Å². The van der Waals surface area contributed by atoms with E-state index in [1.54, 1.807) is 18.3 Å².